The molecule has 1 atom stereocenters. The second-order valence-corrected chi connectivity index (χ2v) is 6.22. The molecule has 0 radical (unpaired) electrons. The zero-order valence-electron chi connectivity index (χ0n) is 14.5. The summed E-state index contributed by atoms with van der Waals surface area (Å²) < 4.78 is 6.64. The number of hydrogen-bond acceptors (Lipinski definition) is 4. The fraction of sp³-hybridized carbons (Fsp3) is 0.263. The van der Waals surface area contributed by atoms with E-state index in [0.717, 1.165) is 22.5 Å². The Bertz CT molecular complexity index is 971. The Labute approximate surface area is 145 Å². The Hall–Kier alpha value is -3.02. The Kier molecular flexibility index (Phi) is 4.61. The fourth-order valence-corrected chi connectivity index (χ4v) is 2.75. The second-order valence-electron chi connectivity index (χ2n) is 6.22. The first-order chi connectivity index (χ1) is 11.9. The normalized spacial score (nSPS) is 12.1. The van der Waals surface area contributed by atoms with Crippen molar-refractivity contribution in [3.8, 4) is 0 Å². The van der Waals surface area contributed by atoms with Crippen LogP contribution in [0.2, 0.25) is 0 Å². The molecule has 0 fully saturated rings. The summed E-state index contributed by atoms with van der Waals surface area (Å²) in [6, 6.07) is 13.1. The van der Waals surface area contributed by atoms with Crippen LogP contribution in [-0.4, -0.2) is 16.5 Å². The number of hydrogen-bond donors (Lipinski definition) is 2. The maximum absolute atomic E-state index is 12.2. The smallest absolute Gasteiger partial charge is 0.408 e. The third kappa shape index (κ3) is 3.74. The minimum Gasteiger partial charge on any atom is -0.408 e. The van der Waals surface area contributed by atoms with Gasteiger partial charge in [-0.15, -0.1) is 0 Å². The number of aromatic nitrogens is 1. The van der Waals surface area contributed by atoms with E-state index in [1.807, 2.05) is 50.2 Å². The van der Waals surface area contributed by atoms with Gasteiger partial charge in [-0.1, -0.05) is 18.2 Å². The summed E-state index contributed by atoms with van der Waals surface area (Å²) in [5, 5.41) is 6.19. The van der Waals surface area contributed by atoms with E-state index < -0.39 is 5.76 Å². The molecule has 6 heteroatoms. The van der Waals surface area contributed by atoms with Gasteiger partial charge in [-0.3, -0.25) is 9.36 Å². The minimum atomic E-state index is -0.391. The Balaban J connectivity index is 1.64. The lowest BCUT2D eigenvalue weighted by Gasteiger charge is -2.15. The molecule has 0 aliphatic carbocycles. The average molecular weight is 339 g/mol. The summed E-state index contributed by atoms with van der Waals surface area (Å²) in [5.74, 6) is -0.445. The van der Waals surface area contributed by atoms with Gasteiger partial charge in [0.15, 0.2) is 5.58 Å². The molecule has 1 aromatic heterocycles. The number of nitrogens with one attached hydrogen (secondary N) is 2. The lowest BCUT2D eigenvalue weighted by molar-refractivity contribution is -0.116. The van der Waals surface area contributed by atoms with Crippen LogP contribution in [0.4, 0.5) is 11.4 Å². The standard InChI is InChI=1S/C19H21N3O3/c1-12-6-4-5-7-15(12)21-18(23)10-13(2)20-14-8-9-16-17(11-14)25-19(24)22(16)3/h4-9,11,13,20H,10H2,1-3H3,(H,21,23)/t13-/m0/s1. The second kappa shape index (κ2) is 6.84. The molecular formula is C19H21N3O3. The third-order valence-electron chi connectivity index (χ3n) is 4.12. The van der Waals surface area contributed by atoms with Crippen molar-refractivity contribution in [2.24, 2.45) is 7.05 Å². The van der Waals surface area contributed by atoms with E-state index in [0.29, 0.717) is 12.0 Å². The van der Waals surface area contributed by atoms with Crippen molar-refractivity contribution >= 4 is 28.4 Å². The van der Waals surface area contributed by atoms with Crippen LogP contribution in [0.25, 0.3) is 11.1 Å². The van der Waals surface area contributed by atoms with Gasteiger partial charge in [0.2, 0.25) is 5.91 Å². The highest BCUT2D eigenvalue weighted by molar-refractivity contribution is 5.92. The monoisotopic (exact) mass is 339 g/mol. The molecule has 3 aromatic rings. The van der Waals surface area contributed by atoms with Gasteiger partial charge in [0.1, 0.15) is 0 Å². The molecular weight excluding hydrogens is 318 g/mol. The van der Waals surface area contributed by atoms with Crippen molar-refractivity contribution in [3.63, 3.8) is 0 Å². The summed E-state index contributed by atoms with van der Waals surface area (Å²) in [7, 11) is 1.67. The topological polar surface area (TPSA) is 76.3 Å². The molecule has 1 heterocycles. The molecule has 3 rings (SSSR count). The number of rotatable bonds is 5. The molecule has 0 spiro atoms. The molecule has 0 bridgehead atoms. The first-order valence-electron chi connectivity index (χ1n) is 8.15. The van der Waals surface area contributed by atoms with Crippen LogP contribution >= 0.6 is 0 Å². The number of amides is 1. The number of aryl methyl sites for hydroxylation is 2. The highest BCUT2D eigenvalue weighted by Crippen LogP contribution is 2.19. The van der Waals surface area contributed by atoms with Crippen molar-refractivity contribution in [1.82, 2.24) is 4.57 Å². The number of benzene rings is 2. The molecule has 6 nitrogen and oxygen atoms in total. The minimum absolute atomic E-state index is 0.0541. The average Bonchev–Trinajstić information content (AvgIpc) is 2.83. The molecule has 2 N–H and O–H groups in total. The highest BCUT2D eigenvalue weighted by Gasteiger charge is 2.12. The van der Waals surface area contributed by atoms with Crippen molar-refractivity contribution in [2.45, 2.75) is 26.3 Å². The largest absolute Gasteiger partial charge is 0.419 e. The first-order valence-corrected chi connectivity index (χ1v) is 8.15. The SMILES string of the molecule is Cc1ccccc1NC(=O)C[C@H](C)Nc1ccc2c(c1)oc(=O)n2C. The van der Waals surface area contributed by atoms with Crippen LogP contribution in [0.15, 0.2) is 51.7 Å². The van der Waals surface area contributed by atoms with Gasteiger partial charge >= 0.3 is 5.76 Å². The quantitative estimate of drug-likeness (QED) is 0.748. The van der Waals surface area contributed by atoms with E-state index in [2.05, 4.69) is 10.6 Å². The summed E-state index contributed by atoms with van der Waals surface area (Å²) in [5.41, 5.74) is 3.92. The Morgan fingerprint density at radius 1 is 1.24 bits per heavy atom. The van der Waals surface area contributed by atoms with Crippen molar-refractivity contribution in [3.05, 3.63) is 58.6 Å². The van der Waals surface area contributed by atoms with Crippen LogP contribution in [0.1, 0.15) is 18.9 Å². The molecule has 2 aromatic carbocycles. The molecule has 0 unspecified atom stereocenters. The number of anilines is 2. The van der Waals surface area contributed by atoms with E-state index >= 15 is 0 Å². The predicted octanol–water partition coefficient (Wildman–Crippen LogP) is 3.27. The van der Waals surface area contributed by atoms with Crippen molar-refractivity contribution in [2.75, 3.05) is 10.6 Å². The molecule has 0 saturated carbocycles. The van der Waals surface area contributed by atoms with Gasteiger partial charge in [-0.25, -0.2) is 4.79 Å². The number of nitrogens with zero attached hydrogens (tertiary/aromatic N) is 1. The molecule has 25 heavy (non-hydrogen) atoms. The predicted molar refractivity (Wildman–Crippen MR) is 99.0 cm³/mol. The van der Waals surface area contributed by atoms with Gasteiger partial charge in [0.05, 0.1) is 5.52 Å². The van der Waals surface area contributed by atoms with Gasteiger partial charge in [0.25, 0.3) is 0 Å². The molecule has 0 aliphatic heterocycles. The molecule has 130 valence electrons. The number of para-hydroxylation sites is 1. The number of carbonyl (C=O) groups excluding carboxylic acids is 1. The van der Waals surface area contributed by atoms with Crippen LogP contribution in [0, 0.1) is 6.92 Å². The van der Waals surface area contributed by atoms with E-state index in [1.54, 1.807) is 13.1 Å². The number of oxazole rings is 1. The van der Waals surface area contributed by atoms with Crippen molar-refractivity contribution < 1.29 is 9.21 Å². The maximum Gasteiger partial charge on any atom is 0.419 e. The zero-order valence-corrected chi connectivity index (χ0v) is 14.5. The van der Waals surface area contributed by atoms with E-state index in [1.165, 1.54) is 4.57 Å². The summed E-state index contributed by atoms with van der Waals surface area (Å²) in [6.07, 6.45) is 0.325. The van der Waals surface area contributed by atoms with Crippen LogP contribution in [-0.2, 0) is 11.8 Å². The fourth-order valence-electron chi connectivity index (χ4n) is 2.75. The number of carbonyl (C=O) groups is 1. The van der Waals surface area contributed by atoms with E-state index in [9.17, 15) is 9.59 Å². The van der Waals surface area contributed by atoms with Crippen molar-refractivity contribution in [1.29, 1.82) is 0 Å². The number of fused-ring (bicyclic) bond motifs is 1. The highest BCUT2D eigenvalue weighted by atomic mass is 16.4. The summed E-state index contributed by atoms with van der Waals surface area (Å²) >= 11 is 0. The maximum atomic E-state index is 12.2. The molecule has 1 amide bonds. The third-order valence-corrected chi connectivity index (χ3v) is 4.12. The summed E-state index contributed by atoms with van der Waals surface area (Å²) in [6.45, 7) is 3.89. The lowest BCUT2D eigenvalue weighted by Crippen LogP contribution is -2.24. The Morgan fingerprint density at radius 3 is 2.76 bits per heavy atom. The molecule has 0 saturated heterocycles. The van der Waals surface area contributed by atoms with Gasteiger partial charge in [-0.05, 0) is 37.6 Å². The van der Waals surface area contributed by atoms with Gasteiger partial charge in [-0.2, -0.15) is 0 Å². The summed E-state index contributed by atoms with van der Waals surface area (Å²) in [4.78, 5) is 23.8. The van der Waals surface area contributed by atoms with Crippen LogP contribution in [0.5, 0.6) is 0 Å². The van der Waals surface area contributed by atoms with Gasteiger partial charge < -0.3 is 15.1 Å². The Morgan fingerprint density at radius 2 is 2.00 bits per heavy atom. The van der Waals surface area contributed by atoms with E-state index in [-0.39, 0.29) is 11.9 Å². The lowest BCUT2D eigenvalue weighted by atomic mass is 10.1. The van der Waals surface area contributed by atoms with Gasteiger partial charge in [0, 0.05) is 37.0 Å². The molecule has 0 aliphatic rings. The first kappa shape index (κ1) is 16.8. The zero-order chi connectivity index (χ0) is 18.0. The van der Waals surface area contributed by atoms with E-state index in [4.69, 9.17) is 4.42 Å². The van der Waals surface area contributed by atoms with Crippen LogP contribution < -0.4 is 16.4 Å². The van der Waals surface area contributed by atoms with Crippen LogP contribution in [0.3, 0.4) is 0 Å².